The number of rotatable bonds is 17. The number of hydrogen-bond donors (Lipinski definition) is 2. The quantitative estimate of drug-likeness (QED) is 0.0694. The number of imide groups is 2. The minimum absolute atomic E-state index is 0.00705. The Morgan fingerprint density at radius 1 is 0.681 bits per heavy atom. The van der Waals surface area contributed by atoms with E-state index in [0.717, 1.165) is 48.0 Å². The van der Waals surface area contributed by atoms with E-state index in [1.807, 2.05) is 0 Å². The molecule has 3 N–H and O–H groups in total. The Morgan fingerprint density at radius 3 is 1.52 bits per heavy atom. The fraction of sp³-hybridized carbons (Fsp3) is 0.375. The van der Waals surface area contributed by atoms with Gasteiger partial charge in [0.2, 0.25) is 11.1 Å². The van der Waals surface area contributed by atoms with Crippen molar-refractivity contribution in [2.24, 2.45) is 11.8 Å². The zero-order chi connectivity index (χ0) is 55.5. The predicted octanol–water partition coefficient (Wildman–Crippen LogP) is 6.04. The standard InChI is InChI=1S/C24H26N2O7S.C20H22N2O6S.C4H5ClO/c1-4-33-20-12-15(10-11-19(20)32-2)18(13-34(3,30)31)26-23(28)16-6-5-7-17(21(16)24(26)29)25-22(27)14-8-9-14;1-4-28-17-10-12(8-9-16(17)27-2)15(11-29(3,25)26)22-19(23)13-6-5-7-14(21)18(13)20(22)24;5-4(6)3-1-2-3/h5-7,10-12,14,18H,4,8-9,13H2,1-3H3,(H,25,27);5-10,15H,4,11,21H2,1-3H3;3H,1-2H2/t18-;15-;/m11./s1/i2*2D3;. The lowest BCUT2D eigenvalue weighted by atomic mass is 10.1. The fourth-order valence-electron chi connectivity index (χ4n) is 7.58. The molecule has 4 aliphatic rings. The van der Waals surface area contributed by atoms with Crippen LogP contribution in [0, 0.1) is 11.8 Å². The van der Waals surface area contributed by atoms with Crippen LogP contribution in [-0.2, 0) is 29.3 Å². The molecule has 18 nitrogen and oxygen atoms in total. The smallest absolute Gasteiger partial charge is 0.264 e. The van der Waals surface area contributed by atoms with Gasteiger partial charge in [0, 0.05) is 30.0 Å². The molecule has 0 unspecified atom stereocenters. The van der Waals surface area contributed by atoms with E-state index in [1.54, 1.807) is 13.8 Å². The van der Waals surface area contributed by atoms with Crippen LogP contribution in [0.15, 0.2) is 72.8 Å². The van der Waals surface area contributed by atoms with Crippen molar-refractivity contribution in [3.8, 4) is 23.0 Å². The number of amides is 5. The molecule has 4 aromatic rings. The highest BCUT2D eigenvalue weighted by Gasteiger charge is 2.45. The Labute approximate surface area is 413 Å². The van der Waals surface area contributed by atoms with Gasteiger partial charge in [-0.3, -0.25) is 38.6 Å². The van der Waals surface area contributed by atoms with Crippen LogP contribution < -0.4 is 30.0 Å². The summed E-state index contributed by atoms with van der Waals surface area (Å²) in [6.07, 6.45) is 5.50. The summed E-state index contributed by atoms with van der Waals surface area (Å²) in [5, 5.41) is 2.55. The van der Waals surface area contributed by atoms with Crippen LogP contribution in [0.3, 0.4) is 0 Å². The van der Waals surface area contributed by atoms with Gasteiger partial charge in [0.15, 0.2) is 23.0 Å². The molecule has 2 saturated carbocycles. The van der Waals surface area contributed by atoms with Crippen molar-refractivity contribution < 1.29 is 72.8 Å². The number of benzene rings is 4. The molecule has 0 radical (unpaired) electrons. The predicted molar refractivity (Wildman–Crippen MR) is 256 cm³/mol. The summed E-state index contributed by atoms with van der Waals surface area (Å²) in [4.78, 5) is 77.2. The number of sulfone groups is 2. The molecule has 0 aromatic heterocycles. The van der Waals surface area contributed by atoms with E-state index in [4.69, 9.17) is 44.5 Å². The number of hydrogen-bond acceptors (Lipinski definition) is 15. The third-order valence-electron chi connectivity index (χ3n) is 11.1. The number of methoxy groups -OCH3 is 2. The summed E-state index contributed by atoms with van der Waals surface area (Å²) < 4.78 is 114. The van der Waals surface area contributed by atoms with Gasteiger partial charge in [-0.25, -0.2) is 16.8 Å². The first-order valence-electron chi connectivity index (χ1n) is 24.5. The van der Waals surface area contributed by atoms with Gasteiger partial charge in [0.1, 0.15) is 19.7 Å². The summed E-state index contributed by atoms with van der Waals surface area (Å²) in [6.45, 7) is 3.66. The van der Waals surface area contributed by atoms with Gasteiger partial charge in [-0.15, -0.1) is 0 Å². The summed E-state index contributed by atoms with van der Waals surface area (Å²) in [5.74, 6) is -4.27. The maximum atomic E-state index is 13.6. The zero-order valence-electron chi connectivity index (χ0n) is 43.8. The number of anilines is 2. The van der Waals surface area contributed by atoms with Crippen molar-refractivity contribution in [1.29, 1.82) is 0 Å². The molecule has 2 aliphatic carbocycles. The van der Waals surface area contributed by atoms with E-state index in [2.05, 4.69) is 5.32 Å². The van der Waals surface area contributed by atoms with Crippen LogP contribution in [0.5, 0.6) is 23.0 Å². The van der Waals surface area contributed by atoms with Crippen LogP contribution >= 0.6 is 11.6 Å². The van der Waals surface area contributed by atoms with Gasteiger partial charge in [0.25, 0.3) is 23.6 Å². The molecule has 2 heterocycles. The van der Waals surface area contributed by atoms with Crippen LogP contribution in [-0.4, -0.2) is 113 Å². The second-order valence-electron chi connectivity index (χ2n) is 16.5. The Balaban J connectivity index is 0.000000221. The average molecular weight is 1020 g/mol. The van der Waals surface area contributed by atoms with Crippen molar-refractivity contribution in [2.75, 3.05) is 62.4 Å². The van der Waals surface area contributed by atoms with E-state index < -0.39 is 81.0 Å². The molecule has 0 spiro atoms. The monoisotopic (exact) mass is 1010 g/mol. The first-order chi connectivity index (χ1) is 34.9. The lowest BCUT2D eigenvalue weighted by Crippen LogP contribution is -2.37. The van der Waals surface area contributed by atoms with Gasteiger partial charge < -0.3 is 30.0 Å². The minimum Gasteiger partial charge on any atom is -0.493 e. The van der Waals surface area contributed by atoms with Crippen LogP contribution in [0.4, 0.5) is 11.4 Å². The fourth-order valence-corrected chi connectivity index (χ4v) is 9.62. The maximum absolute atomic E-state index is 13.6. The lowest BCUT2D eigenvalue weighted by molar-refractivity contribution is -0.117. The zero-order valence-corrected chi connectivity index (χ0v) is 40.2. The minimum atomic E-state index is -3.72. The summed E-state index contributed by atoms with van der Waals surface area (Å²) in [6, 6.07) is 14.6. The second-order valence-corrected chi connectivity index (χ2v) is 21.2. The molecule has 0 saturated heterocycles. The lowest BCUT2D eigenvalue weighted by Gasteiger charge is -2.27. The Kier molecular flexibility index (Phi) is 13.6. The van der Waals surface area contributed by atoms with Crippen molar-refractivity contribution in [3.05, 3.63) is 106 Å². The largest absolute Gasteiger partial charge is 0.493 e. The SMILES string of the molecule is O=C(Cl)C1CC1.[2H]C([2H])([2H])Oc1ccc([C@@H](CS(C)(=O)=O)N2C(=O)c3cccc(N)c3C2=O)cc1OCC.[2H]C([2H])([2H])Oc1ccc([C@@H](CS(C)(=O)=O)N2C(=O)c3cccc(NC(=O)C4CC4)c3C2=O)cc1OCC. The van der Waals surface area contributed by atoms with Gasteiger partial charge in [-0.2, -0.15) is 0 Å². The number of nitrogens with zero attached hydrogens (tertiary/aromatic N) is 2. The number of nitrogens with one attached hydrogen (secondary N) is 1. The number of nitrogen functional groups attached to an aromatic ring is 1. The van der Waals surface area contributed by atoms with Gasteiger partial charge in [-0.05, 0) is 111 Å². The average Bonchev–Trinajstić information content (AvgIpc) is 4.23. The number of carbonyl (C=O) groups excluding carboxylic acids is 6. The number of nitrogens with two attached hydrogens (primary N) is 1. The van der Waals surface area contributed by atoms with Gasteiger partial charge in [-0.1, -0.05) is 24.3 Å². The molecule has 0 bridgehead atoms. The molecule has 2 aliphatic heterocycles. The third kappa shape index (κ3) is 12.2. The highest BCUT2D eigenvalue weighted by atomic mass is 35.5. The molecule has 21 heteroatoms. The van der Waals surface area contributed by atoms with Crippen molar-refractivity contribution in [2.45, 2.75) is 51.6 Å². The van der Waals surface area contributed by atoms with Crippen molar-refractivity contribution in [3.63, 3.8) is 0 Å². The summed E-state index contributed by atoms with van der Waals surface area (Å²) >= 11 is 5.04. The number of ether oxygens (including phenoxy) is 4. The molecule has 2 fully saturated rings. The van der Waals surface area contributed by atoms with Gasteiger partial charge in [0.05, 0.1) is 87.0 Å². The molecular weight excluding hydrogens is 956 g/mol. The summed E-state index contributed by atoms with van der Waals surface area (Å²) in [7, 11) is -12.9. The molecule has 8 rings (SSSR count). The van der Waals surface area contributed by atoms with E-state index in [9.17, 15) is 45.6 Å². The van der Waals surface area contributed by atoms with Crippen LogP contribution in [0.1, 0.15) is 112 Å². The highest BCUT2D eigenvalue weighted by molar-refractivity contribution is 7.90. The first-order valence-corrected chi connectivity index (χ1v) is 26.0. The Bertz CT molecular complexity index is 3150. The normalized spacial score (nSPS) is 17.6. The van der Waals surface area contributed by atoms with Crippen LogP contribution in [0.25, 0.3) is 0 Å². The maximum Gasteiger partial charge on any atom is 0.264 e. The number of halogens is 1. The Morgan fingerprint density at radius 2 is 1.13 bits per heavy atom. The van der Waals surface area contributed by atoms with E-state index >= 15 is 0 Å². The third-order valence-corrected chi connectivity index (χ3v) is 13.2. The Hall–Kier alpha value is -6.51. The van der Waals surface area contributed by atoms with Crippen LogP contribution in [0.2, 0.25) is 0 Å². The van der Waals surface area contributed by atoms with Crippen molar-refractivity contribution >= 4 is 77.4 Å². The summed E-state index contributed by atoms with van der Waals surface area (Å²) in [5.41, 5.74) is 6.80. The van der Waals surface area contributed by atoms with Gasteiger partial charge >= 0.3 is 0 Å². The number of fused-ring (bicyclic) bond motifs is 2. The highest BCUT2D eigenvalue weighted by Crippen LogP contribution is 2.41. The second kappa shape index (κ2) is 21.4. The van der Waals surface area contributed by atoms with E-state index in [1.165, 1.54) is 72.8 Å². The number of carbonyl (C=O) groups is 6. The molecule has 5 amide bonds. The molecule has 4 aromatic carbocycles. The first kappa shape index (κ1) is 43.7. The molecule has 2 atom stereocenters. The van der Waals surface area contributed by atoms with Crippen molar-refractivity contribution in [1.82, 2.24) is 9.80 Å². The molecule has 69 heavy (non-hydrogen) atoms. The molecule has 368 valence electrons. The molecular formula is C48H53ClN4O14S2. The van der Waals surface area contributed by atoms with E-state index in [-0.39, 0.29) is 104 Å². The van der Waals surface area contributed by atoms with E-state index in [0.29, 0.717) is 0 Å². The topological polar surface area (TPSA) is 252 Å².